The summed E-state index contributed by atoms with van der Waals surface area (Å²) in [5.74, 6) is 0.163. The lowest BCUT2D eigenvalue weighted by Gasteiger charge is -2.24. The normalized spacial score (nSPS) is 10.6. The number of hydrogen-bond acceptors (Lipinski definition) is 2. The highest BCUT2D eigenvalue weighted by Gasteiger charge is 2.17. The van der Waals surface area contributed by atoms with Crippen LogP contribution in [-0.2, 0) is 4.79 Å². The van der Waals surface area contributed by atoms with Crippen LogP contribution < -0.4 is 10.6 Å². The number of nitrogens with zero attached hydrogens (tertiary/aromatic N) is 1. The molecule has 0 aliphatic rings. The Kier molecular flexibility index (Phi) is 5.16. The highest BCUT2D eigenvalue weighted by atomic mass is 16.2. The summed E-state index contributed by atoms with van der Waals surface area (Å²) in [4.78, 5) is 13.9. The molecule has 0 radical (unpaired) electrons. The van der Waals surface area contributed by atoms with Crippen LogP contribution in [-0.4, -0.2) is 19.0 Å². The fourth-order valence-electron chi connectivity index (χ4n) is 1.65. The second kappa shape index (κ2) is 6.40. The SMILES string of the molecule is Cc1ccc(N(CCCN)C(=O)C(C)C)cc1. The summed E-state index contributed by atoms with van der Waals surface area (Å²) in [5.41, 5.74) is 7.68. The molecule has 0 aromatic heterocycles. The van der Waals surface area contributed by atoms with Crippen molar-refractivity contribution in [1.29, 1.82) is 0 Å². The summed E-state index contributed by atoms with van der Waals surface area (Å²) < 4.78 is 0. The molecule has 0 aliphatic heterocycles. The molecule has 1 aromatic rings. The second-order valence-electron chi connectivity index (χ2n) is 4.62. The van der Waals surface area contributed by atoms with E-state index in [1.54, 1.807) is 0 Å². The molecule has 0 unspecified atom stereocenters. The van der Waals surface area contributed by atoms with E-state index in [0.717, 1.165) is 12.1 Å². The molecule has 0 fully saturated rings. The third-order valence-electron chi connectivity index (χ3n) is 2.69. The van der Waals surface area contributed by atoms with Crippen LogP contribution in [0.1, 0.15) is 25.8 Å². The van der Waals surface area contributed by atoms with Gasteiger partial charge in [0.15, 0.2) is 0 Å². The van der Waals surface area contributed by atoms with Gasteiger partial charge in [-0.25, -0.2) is 0 Å². The van der Waals surface area contributed by atoms with E-state index >= 15 is 0 Å². The number of rotatable bonds is 5. The van der Waals surface area contributed by atoms with E-state index in [1.807, 2.05) is 49.9 Å². The lowest BCUT2D eigenvalue weighted by Crippen LogP contribution is -2.35. The van der Waals surface area contributed by atoms with Crippen molar-refractivity contribution >= 4 is 11.6 Å². The van der Waals surface area contributed by atoms with Crippen LogP contribution >= 0.6 is 0 Å². The summed E-state index contributed by atoms with van der Waals surface area (Å²) >= 11 is 0. The maximum atomic E-state index is 12.1. The Morgan fingerprint density at radius 3 is 2.35 bits per heavy atom. The predicted molar refractivity (Wildman–Crippen MR) is 72.0 cm³/mol. The van der Waals surface area contributed by atoms with Crippen LogP contribution in [0.4, 0.5) is 5.69 Å². The first kappa shape index (κ1) is 13.7. The van der Waals surface area contributed by atoms with Gasteiger partial charge in [-0.15, -0.1) is 0 Å². The van der Waals surface area contributed by atoms with E-state index in [0.29, 0.717) is 13.1 Å². The smallest absolute Gasteiger partial charge is 0.229 e. The lowest BCUT2D eigenvalue weighted by atomic mass is 10.1. The van der Waals surface area contributed by atoms with Gasteiger partial charge in [-0.1, -0.05) is 31.5 Å². The van der Waals surface area contributed by atoms with Crippen molar-refractivity contribution in [3.05, 3.63) is 29.8 Å². The maximum Gasteiger partial charge on any atom is 0.229 e. The Balaban J connectivity index is 2.89. The number of carbonyl (C=O) groups excluding carboxylic acids is 1. The van der Waals surface area contributed by atoms with E-state index in [-0.39, 0.29) is 11.8 Å². The van der Waals surface area contributed by atoms with E-state index < -0.39 is 0 Å². The van der Waals surface area contributed by atoms with Crippen molar-refractivity contribution in [2.45, 2.75) is 27.2 Å². The zero-order valence-electron chi connectivity index (χ0n) is 10.9. The topological polar surface area (TPSA) is 46.3 Å². The molecule has 0 saturated carbocycles. The van der Waals surface area contributed by atoms with Gasteiger partial charge in [-0.2, -0.15) is 0 Å². The molecule has 0 atom stereocenters. The minimum absolute atomic E-state index is 0.00841. The number of anilines is 1. The molecule has 94 valence electrons. The zero-order valence-corrected chi connectivity index (χ0v) is 10.9. The first-order valence-corrected chi connectivity index (χ1v) is 6.14. The van der Waals surface area contributed by atoms with Gasteiger partial charge in [-0.3, -0.25) is 4.79 Å². The van der Waals surface area contributed by atoms with Crippen molar-refractivity contribution in [1.82, 2.24) is 0 Å². The third kappa shape index (κ3) is 3.86. The van der Waals surface area contributed by atoms with Crippen molar-refractivity contribution in [3.8, 4) is 0 Å². The number of nitrogens with two attached hydrogens (primary N) is 1. The van der Waals surface area contributed by atoms with E-state index in [4.69, 9.17) is 5.73 Å². The highest BCUT2D eigenvalue weighted by Crippen LogP contribution is 2.17. The standard InChI is InChI=1S/C14H22N2O/c1-11(2)14(17)16(10-4-9-15)13-7-5-12(3)6-8-13/h5-8,11H,4,9-10,15H2,1-3H3. The zero-order chi connectivity index (χ0) is 12.8. The van der Waals surface area contributed by atoms with Crippen LogP contribution in [0.15, 0.2) is 24.3 Å². The Morgan fingerprint density at radius 2 is 1.88 bits per heavy atom. The van der Waals surface area contributed by atoms with E-state index in [1.165, 1.54) is 5.56 Å². The van der Waals surface area contributed by atoms with Crippen LogP contribution in [0.3, 0.4) is 0 Å². The van der Waals surface area contributed by atoms with Crippen LogP contribution in [0, 0.1) is 12.8 Å². The number of aryl methyl sites for hydroxylation is 1. The first-order valence-electron chi connectivity index (χ1n) is 6.14. The second-order valence-corrected chi connectivity index (χ2v) is 4.62. The largest absolute Gasteiger partial charge is 0.330 e. The van der Waals surface area contributed by atoms with Gasteiger partial charge in [0.2, 0.25) is 5.91 Å². The first-order chi connectivity index (χ1) is 8.06. The van der Waals surface area contributed by atoms with Gasteiger partial charge < -0.3 is 10.6 Å². The predicted octanol–water partition coefficient (Wildman–Crippen LogP) is 2.33. The molecular formula is C14H22N2O. The van der Waals surface area contributed by atoms with Gasteiger partial charge in [0.1, 0.15) is 0 Å². The molecule has 3 nitrogen and oxygen atoms in total. The lowest BCUT2D eigenvalue weighted by molar-refractivity contribution is -0.121. The quantitative estimate of drug-likeness (QED) is 0.850. The Bertz CT molecular complexity index is 357. The number of benzene rings is 1. The summed E-state index contributed by atoms with van der Waals surface area (Å²) in [6.45, 7) is 7.18. The molecule has 3 heteroatoms. The van der Waals surface area contributed by atoms with Crippen molar-refractivity contribution in [3.63, 3.8) is 0 Å². The molecular weight excluding hydrogens is 212 g/mol. The highest BCUT2D eigenvalue weighted by molar-refractivity contribution is 5.94. The molecule has 0 aliphatic carbocycles. The van der Waals surface area contributed by atoms with Gasteiger partial charge in [-0.05, 0) is 32.0 Å². The van der Waals surface area contributed by atoms with Gasteiger partial charge in [0.25, 0.3) is 0 Å². The number of amides is 1. The minimum atomic E-state index is 0.00841. The fraction of sp³-hybridized carbons (Fsp3) is 0.500. The third-order valence-corrected chi connectivity index (χ3v) is 2.69. The fourth-order valence-corrected chi connectivity index (χ4v) is 1.65. The summed E-state index contributed by atoms with van der Waals surface area (Å²) in [6, 6.07) is 8.04. The van der Waals surface area contributed by atoms with Crippen molar-refractivity contribution in [2.75, 3.05) is 18.0 Å². The Morgan fingerprint density at radius 1 is 1.29 bits per heavy atom. The van der Waals surface area contributed by atoms with Crippen molar-refractivity contribution < 1.29 is 4.79 Å². The molecule has 0 saturated heterocycles. The Hall–Kier alpha value is -1.35. The monoisotopic (exact) mass is 234 g/mol. The molecule has 17 heavy (non-hydrogen) atoms. The molecule has 0 heterocycles. The van der Waals surface area contributed by atoms with Gasteiger partial charge in [0.05, 0.1) is 0 Å². The average Bonchev–Trinajstić information content (AvgIpc) is 2.31. The van der Waals surface area contributed by atoms with Crippen LogP contribution in [0.5, 0.6) is 0 Å². The number of carbonyl (C=O) groups is 1. The molecule has 0 spiro atoms. The minimum Gasteiger partial charge on any atom is -0.330 e. The molecule has 1 aromatic carbocycles. The van der Waals surface area contributed by atoms with E-state index in [2.05, 4.69) is 0 Å². The summed E-state index contributed by atoms with van der Waals surface area (Å²) in [6.07, 6.45) is 0.826. The van der Waals surface area contributed by atoms with E-state index in [9.17, 15) is 4.79 Å². The van der Waals surface area contributed by atoms with Gasteiger partial charge in [0, 0.05) is 18.2 Å². The molecule has 1 rings (SSSR count). The van der Waals surface area contributed by atoms with Crippen molar-refractivity contribution in [2.24, 2.45) is 11.7 Å². The molecule has 1 amide bonds. The van der Waals surface area contributed by atoms with Gasteiger partial charge >= 0.3 is 0 Å². The summed E-state index contributed by atoms with van der Waals surface area (Å²) in [5, 5.41) is 0. The molecule has 2 N–H and O–H groups in total. The maximum absolute atomic E-state index is 12.1. The molecule has 0 bridgehead atoms. The van der Waals surface area contributed by atoms with Crippen LogP contribution in [0.25, 0.3) is 0 Å². The number of hydrogen-bond donors (Lipinski definition) is 1. The summed E-state index contributed by atoms with van der Waals surface area (Å²) in [7, 11) is 0. The van der Waals surface area contributed by atoms with Crippen LogP contribution in [0.2, 0.25) is 0 Å². The Labute approximate surface area is 104 Å². The average molecular weight is 234 g/mol.